The minimum Gasteiger partial charge on any atom is -0.338 e. The van der Waals surface area contributed by atoms with Gasteiger partial charge in [0.2, 0.25) is 0 Å². The average Bonchev–Trinajstić information content (AvgIpc) is 2.72. The molecule has 2 aromatic heterocycles. The van der Waals surface area contributed by atoms with Crippen LogP contribution in [0.4, 0.5) is 4.39 Å². The second-order valence-electron chi connectivity index (χ2n) is 5.30. The third-order valence-electron chi connectivity index (χ3n) is 3.67. The summed E-state index contributed by atoms with van der Waals surface area (Å²) in [6, 6.07) is 7.97. The lowest BCUT2D eigenvalue weighted by Crippen LogP contribution is -2.04. The van der Waals surface area contributed by atoms with Crippen LogP contribution in [0, 0.1) is 12.7 Å². The molecular formula is C16H15FN2O2S. The molecule has 0 bridgehead atoms. The highest BCUT2D eigenvalue weighted by atomic mass is 32.2. The first-order valence-electron chi connectivity index (χ1n) is 6.75. The van der Waals surface area contributed by atoms with Crippen LogP contribution in [0.1, 0.15) is 11.3 Å². The standard InChI is InChI=1S/C16H15FN2O2S/c1-11-16(22(2,20)21)14-6-7-18-9-15(14)19(11)10-12-4-3-5-13(17)8-12/h3-9H,10H2,1-2H3. The number of halogens is 1. The zero-order valence-electron chi connectivity index (χ0n) is 12.2. The monoisotopic (exact) mass is 318 g/mol. The second kappa shape index (κ2) is 5.21. The average molecular weight is 318 g/mol. The van der Waals surface area contributed by atoms with E-state index in [1.54, 1.807) is 31.5 Å². The summed E-state index contributed by atoms with van der Waals surface area (Å²) >= 11 is 0. The number of hydrogen-bond donors (Lipinski definition) is 0. The Labute approximate surface area is 128 Å². The Morgan fingerprint density at radius 3 is 2.73 bits per heavy atom. The molecule has 0 atom stereocenters. The molecule has 0 saturated carbocycles. The Morgan fingerprint density at radius 2 is 2.05 bits per heavy atom. The Kier molecular flexibility index (Phi) is 3.48. The van der Waals surface area contributed by atoms with Crippen LogP contribution < -0.4 is 0 Å². The predicted octanol–water partition coefficient (Wildman–Crippen LogP) is 2.94. The van der Waals surface area contributed by atoms with Gasteiger partial charge in [0.1, 0.15) is 5.82 Å². The summed E-state index contributed by atoms with van der Waals surface area (Å²) < 4.78 is 39.4. The summed E-state index contributed by atoms with van der Waals surface area (Å²) in [4.78, 5) is 4.39. The van der Waals surface area contributed by atoms with Crippen LogP contribution >= 0.6 is 0 Å². The molecule has 22 heavy (non-hydrogen) atoms. The number of fused-ring (bicyclic) bond motifs is 1. The van der Waals surface area contributed by atoms with Gasteiger partial charge >= 0.3 is 0 Å². The van der Waals surface area contributed by atoms with Gasteiger partial charge in [-0.3, -0.25) is 4.98 Å². The van der Waals surface area contributed by atoms with Gasteiger partial charge in [-0.2, -0.15) is 0 Å². The molecule has 2 heterocycles. The van der Waals surface area contributed by atoms with E-state index >= 15 is 0 Å². The first kappa shape index (κ1) is 14.7. The van der Waals surface area contributed by atoms with Crippen LogP contribution in [0.5, 0.6) is 0 Å². The van der Waals surface area contributed by atoms with Gasteiger partial charge in [-0.05, 0) is 30.7 Å². The van der Waals surface area contributed by atoms with Gasteiger partial charge in [0.25, 0.3) is 0 Å². The van der Waals surface area contributed by atoms with Gasteiger partial charge in [-0.25, -0.2) is 12.8 Å². The number of aromatic nitrogens is 2. The number of rotatable bonds is 3. The Morgan fingerprint density at radius 1 is 1.27 bits per heavy atom. The zero-order valence-corrected chi connectivity index (χ0v) is 13.1. The van der Waals surface area contributed by atoms with Crippen LogP contribution in [-0.4, -0.2) is 24.2 Å². The molecule has 0 aliphatic carbocycles. The van der Waals surface area contributed by atoms with Crippen molar-refractivity contribution in [3.05, 3.63) is 59.8 Å². The fourth-order valence-corrected chi connectivity index (χ4v) is 4.00. The van der Waals surface area contributed by atoms with Crippen molar-refractivity contribution in [3.8, 4) is 0 Å². The van der Waals surface area contributed by atoms with Crippen molar-refractivity contribution < 1.29 is 12.8 Å². The van der Waals surface area contributed by atoms with E-state index < -0.39 is 9.84 Å². The molecule has 0 saturated heterocycles. The molecule has 0 aliphatic heterocycles. The molecule has 3 rings (SSSR count). The highest BCUT2D eigenvalue weighted by Gasteiger charge is 2.21. The summed E-state index contributed by atoms with van der Waals surface area (Å²) in [6.07, 6.45) is 4.40. The molecule has 0 radical (unpaired) electrons. The molecular weight excluding hydrogens is 303 g/mol. The molecule has 0 unspecified atom stereocenters. The molecule has 1 aromatic carbocycles. The third kappa shape index (κ3) is 2.50. The van der Waals surface area contributed by atoms with E-state index in [1.165, 1.54) is 18.4 Å². The van der Waals surface area contributed by atoms with Crippen LogP contribution in [0.3, 0.4) is 0 Å². The fourth-order valence-electron chi connectivity index (χ4n) is 2.78. The van der Waals surface area contributed by atoms with Crippen molar-refractivity contribution in [2.75, 3.05) is 6.26 Å². The summed E-state index contributed by atoms with van der Waals surface area (Å²) in [5, 5.41) is 0.645. The molecule has 4 nitrogen and oxygen atoms in total. The highest BCUT2D eigenvalue weighted by molar-refractivity contribution is 7.91. The van der Waals surface area contributed by atoms with Gasteiger partial charge in [-0.15, -0.1) is 0 Å². The number of benzene rings is 1. The van der Waals surface area contributed by atoms with Crippen LogP contribution in [0.15, 0.2) is 47.6 Å². The largest absolute Gasteiger partial charge is 0.338 e. The first-order chi connectivity index (χ1) is 10.4. The highest BCUT2D eigenvalue weighted by Crippen LogP contribution is 2.29. The lowest BCUT2D eigenvalue weighted by molar-refractivity contribution is 0.601. The van der Waals surface area contributed by atoms with E-state index in [9.17, 15) is 12.8 Å². The van der Waals surface area contributed by atoms with Gasteiger partial charge < -0.3 is 4.57 Å². The third-order valence-corrected chi connectivity index (χ3v) is 4.93. The van der Waals surface area contributed by atoms with Gasteiger partial charge in [-0.1, -0.05) is 12.1 Å². The van der Waals surface area contributed by atoms with E-state index in [0.717, 1.165) is 11.1 Å². The van der Waals surface area contributed by atoms with Gasteiger partial charge in [0.15, 0.2) is 9.84 Å². The molecule has 3 aromatic rings. The molecule has 0 fully saturated rings. The maximum Gasteiger partial charge on any atom is 0.177 e. The molecule has 0 spiro atoms. The van der Waals surface area contributed by atoms with Gasteiger partial charge in [0, 0.05) is 30.1 Å². The van der Waals surface area contributed by atoms with E-state index in [1.807, 2.05) is 10.6 Å². The van der Waals surface area contributed by atoms with E-state index in [2.05, 4.69) is 4.98 Å². The van der Waals surface area contributed by atoms with E-state index in [4.69, 9.17) is 0 Å². The Balaban J connectivity index is 2.24. The number of sulfone groups is 1. The second-order valence-corrected chi connectivity index (χ2v) is 7.25. The smallest absolute Gasteiger partial charge is 0.177 e. The lowest BCUT2D eigenvalue weighted by Gasteiger charge is -2.08. The topological polar surface area (TPSA) is 52.0 Å². The van der Waals surface area contributed by atoms with Crippen molar-refractivity contribution in [2.24, 2.45) is 0 Å². The fraction of sp³-hybridized carbons (Fsp3) is 0.188. The molecule has 0 amide bonds. The minimum absolute atomic E-state index is 0.307. The molecule has 0 aliphatic rings. The SMILES string of the molecule is Cc1c(S(C)(=O)=O)c2ccncc2n1Cc1cccc(F)c1. The van der Waals surface area contributed by atoms with Crippen molar-refractivity contribution in [1.29, 1.82) is 0 Å². The molecule has 6 heteroatoms. The normalized spacial score (nSPS) is 12.0. The number of pyridine rings is 1. The van der Waals surface area contributed by atoms with Crippen molar-refractivity contribution in [3.63, 3.8) is 0 Å². The number of nitrogens with zero attached hydrogens (tertiary/aromatic N) is 2. The van der Waals surface area contributed by atoms with E-state index in [-0.39, 0.29) is 5.82 Å². The Hall–Kier alpha value is -2.21. The van der Waals surface area contributed by atoms with Gasteiger partial charge in [0.05, 0.1) is 16.6 Å². The quantitative estimate of drug-likeness (QED) is 0.746. The molecule has 114 valence electrons. The van der Waals surface area contributed by atoms with Crippen LogP contribution in [0.25, 0.3) is 10.9 Å². The van der Waals surface area contributed by atoms with E-state index in [0.29, 0.717) is 22.5 Å². The zero-order chi connectivity index (χ0) is 15.9. The minimum atomic E-state index is -3.36. The lowest BCUT2D eigenvalue weighted by atomic mass is 10.2. The van der Waals surface area contributed by atoms with Crippen molar-refractivity contribution >= 4 is 20.7 Å². The number of hydrogen-bond acceptors (Lipinski definition) is 3. The maximum atomic E-state index is 13.4. The Bertz CT molecular complexity index is 961. The van der Waals surface area contributed by atoms with Crippen molar-refractivity contribution in [2.45, 2.75) is 18.4 Å². The summed E-state index contributed by atoms with van der Waals surface area (Å²) in [7, 11) is -3.36. The summed E-state index contributed by atoms with van der Waals surface area (Å²) in [5.74, 6) is -0.312. The van der Waals surface area contributed by atoms with Crippen LogP contribution in [0.2, 0.25) is 0 Å². The molecule has 0 N–H and O–H groups in total. The van der Waals surface area contributed by atoms with Crippen molar-refractivity contribution in [1.82, 2.24) is 9.55 Å². The summed E-state index contributed by atoms with van der Waals surface area (Å²) in [6.45, 7) is 2.15. The summed E-state index contributed by atoms with van der Waals surface area (Å²) in [5.41, 5.74) is 2.13. The van der Waals surface area contributed by atoms with Crippen LogP contribution in [-0.2, 0) is 16.4 Å². The predicted molar refractivity (Wildman–Crippen MR) is 83.1 cm³/mol. The first-order valence-corrected chi connectivity index (χ1v) is 8.64. The maximum absolute atomic E-state index is 13.4.